The van der Waals surface area contributed by atoms with E-state index in [0.29, 0.717) is 12.2 Å². The lowest BCUT2D eigenvalue weighted by atomic mass is 10.2. The average Bonchev–Trinajstić information content (AvgIpc) is 2.96. The molecule has 16 heavy (non-hydrogen) atoms. The van der Waals surface area contributed by atoms with Crippen molar-refractivity contribution in [3.8, 4) is 0 Å². The molecule has 2 unspecified atom stereocenters. The summed E-state index contributed by atoms with van der Waals surface area (Å²) in [6.45, 7) is 5.94. The van der Waals surface area contributed by atoms with Gasteiger partial charge in [0, 0.05) is 39.4 Å². The van der Waals surface area contributed by atoms with E-state index in [1.807, 2.05) is 0 Å². The highest BCUT2D eigenvalue weighted by molar-refractivity contribution is 4.69. The van der Waals surface area contributed by atoms with Crippen LogP contribution < -0.4 is 10.6 Å². The van der Waals surface area contributed by atoms with Gasteiger partial charge in [-0.1, -0.05) is 0 Å². The van der Waals surface area contributed by atoms with Crippen LogP contribution in [0.1, 0.15) is 25.7 Å². The van der Waals surface area contributed by atoms with Gasteiger partial charge in [0.15, 0.2) is 0 Å². The van der Waals surface area contributed by atoms with Crippen LogP contribution in [0.5, 0.6) is 0 Å². The van der Waals surface area contributed by atoms with Crippen LogP contribution in [0.2, 0.25) is 0 Å². The van der Waals surface area contributed by atoms with Crippen molar-refractivity contribution in [3.63, 3.8) is 0 Å². The third-order valence-corrected chi connectivity index (χ3v) is 3.27. The molecule has 0 aliphatic carbocycles. The molecule has 0 amide bonds. The van der Waals surface area contributed by atoms with E-state index < -0.39 is 0 Å². The highest BCUT2D eigenvalue weighted by atomic mass is 16.5. The van der Waals surface area contributed by atoms with Crippen LogP contribution in [0.4, 0.5) is 0 Å². The van der Waals surface area contributed by atoms with Gasteiger partial charge in [0.1, 0.15) is 0 Å². The topological polar surface area (TPSA) is 42.5 Å². The minimum absolute atomic E-state index is 0.457. The Bertz CT molecular complexity index is 158. The molecule has 0 spiro atoms. The van der Waals surface area contributed by atoms with Crippen molar-refractivity contribution in [2.75, 3.05) is 39.4 Å². The molecule has 0 radical (unpaired) electrons. The van der Waals surface area contributed by atoms with Crippen molar-refractivity contribution >= 4 is 0 Å². The molecular formula is C12H24N2O2. The molecule has 2 rings (SSSR count). The van der Waals surface area contributed by atoms with Gasteiger partial charge in [0.25, 0.3) is 0 Å². The number of hydrogen-bond acceptors (Lipinski definition) is 4. The maximum absolute atomic E-state index is 5.54. The summed E-state index contributed by atoms with van der Waals surface area (Å²) in [4.78, 5) is 0. The molecule has 4 heteroatoms. The lowest BCUT2D eigenvalue weighted by Gasteiger charge is -2.13. The van der Waals surface area contributed by atoms with Crippen LogP contribution in [0, 0.1) is 0 Å². The van der Waals surface area contributed by atoms with Gasteiger partial charge in [0.05, 0.1) is 12.2 Å². The summed E-state index contributed by atoms with van der Waals surface area (Å²) in [6, 6.07) is 0. The van der Waals surface area contributed by atoms with Gasteiger partial charge in [-0.05, 0) is 25.7 Å². The molecule has 2 saturated heterocycles. The van der Waals surface area contributed by atoms with Gasteiger partial charge in [-0.2, -0.15) is 0 Å². The molecule has 0 bridgehead atoms. The molecular weight excluding hydrogens is 204 g/mol. The molecule has 2 aliphatic rings. The average molecular weight is 228 g/mol. The van der Waals surface area contributed by atoms with Crippen LogP contribution in [0.3, 0.4) is 0 Å². The van der Waals surface area contributed by atoms with Crippen molar-refractivity contribution in [2.45, 2.75) is 37.9 Å². The second-order valence-corrected chi connectivity index (χ2v) is 4.68. The Morgan fingerprint density at radius 3 is 1.69 bits per heavy atom. The molecule has 0 aromatic heterocycles. The Morgan fingerprint density at radius 2 is 1.31 bits per heavy atom. The van der Waals surface area contributed by atoms with Crippen LogP contribution in [0.15, 0.2) is 0 Å². The van der Waals surface area contributed by atoms with Gasteiger partial charge >= 0.3 is 0 Å². The maximum atomic E-state index is 5.54. The summed E-state index contributed by atoms with van der Waals surface area (Å²) in [5.41, 5.74) is 0. The number of nitrogens with one attached hydrogen (secondary N) is 2. The predicted molar refractivity (Wildman–Crippen MR) is 63.7 cm³/mol. The van der Waals surface area contributed by atoms with Crippen molar-refractivity contribution in [1.29, 1.82) is 0 Å². The maximum Gasteiger partial charge on any atom is 0.0700 e. The fourth-order valence-electron chi connectivity index (χ4n) is 2.31. The Labute approximate surface area is 98.1 Å². The lowest BCUT2D eigenvalue weighted by Crippen LogP contribution is -2.35. The van der Waals surface area contributed by atoms with E-state index >= 15 is 0 Å². The molecule has 0 aromatic rings. The summed E-state index contributed by atoms with van der Waals surface area (Å²) < 4.78 is 11.1. The second-order valence-electron chi connectivity index (χ2n) is 4.68. The Morgan fingerprint density at radius 1 is 0.812 bits per heavy atom. The third-order valence-electron chi connectivity index (χ3n) is 3.27. The van der Waals surface area contributed by atoms with Gasteiger partial charge in [-0.25, -0.2) is 0 Å². The van der Waals surface area contributed by atoms with Crippen molar-refractivity contribution in [3.05, 3.63) is 0 Å². The van der Waals surface area contributed by atoms with Gasteiger partial charge in [-0.3, -0.25) is 0 Å². The first-order valence-corrected chi connectivity index (χ1v) is 6.60. The quantitative estimate of drug-likeness (QED) is 0.624. The minimum Gasteiger partial charge on any atom is -0.377 e. The summed E-state index contributed by atoms with van der Waals surface area (Å²) in [5, 5.41) is 6.85. The van der Waals surface area contributed by atoms with E-state index in [2.05, 4.69) is 10.6 Å². The summed E-state index contributed by atoms with van der Waals surface area (Å²) in [7, 11) is 0. The second kappa shape index (κ2) is 7.22. The Balaban J connectivity index is 1.37. The minimum atomic E-state index is 0.457. The zero-order chi connectivity index (χ0) is 11.1. The molecule has 94 valence electrons. The molecule has 2 fully saturated rings. The summed E-state index contributed by atoms with van der Waals surface area (Å²) >= 11 is 0. The van der Waals surface area contributed by atoms with Crippen LogP contribution in [-0.4, -0.2) is 51.6 Å². The van der Waals surface area contributed by atoms with E-state index in [-0.39, 0.29) is 0 Å². The monoisotopic (exact) mass is 228 g/mol. The van der Waals surface area contributed by atoms with E-state index in [4.69, 9.17) is 9.47 Å². The fourth-order valence-corrected chi connectivity index (χ4v) is 2.31. The Kier molecular flexibility index (Phi) is 5.55. The van der Waals surface area contributed by atoms with Crippen LogP contribution in [0.25, 0.3) is 0 Å². The first kappa shape index (κ1) is 12.3. The highest BCUT2D eigenvalue weighted by Gasteiger charge is 2.15. The number of rotatable bonds is 7. The van der Waals surface area contributed by atoms with Gasteiger partial charge < -0.3 is 20.1 Å². The van der Waals surface area contributed by atoms with Crippen molar-refractivity contribution < 1.29 is 9.47 Å². The van der Waals surface area contributed by atoms with E-state index in [1.54, 1.807) is 0 Å². The first-order valence-electron chi connectivity index (χ1n) is 6.60. The normalized spacial score (nSPS) is 30.0. The smallest absolute Gasteiger partial charge is 0.0700 e. The van der Waals surface area contributed by atoms with Crippen molar-refractivity contribution in [1.82, 2.24) is 10.6 Å². The predicted octanol–water partition coefficient (Wildman–Crippen LogP) is 0.524. The first-order chi connectivity index (χ1) is 7.95. The van der Waals surface area contributed by atoms with Crippen molar-refractivity contribution in [2.24, 2.45) is 0 Å². The number of ether oxygens (including phenoxy) is 2. The molecule has 2 N–H and O–H groups in total. The number of hydrogen-bond donors (Lipinski definition) is 2. The largest absolute Gasteiger partial charge is 0.377 e. The van der Waals surface area contributed by atoms with Gasteiger partial charge in [0.2, 0.25) is 0 Å². The SMILES string of the molecule is C1COC(CNCCNCC2CCCO2)C1. The van der Waals surface area contributed by atoms with Crippen LogP contribution >= 0.6 is 0 Å². The highest BCUT2D eigenvalue weighted by Crippen LogP contribution is 2.11. The zero-order valence-corrected chi connectivity index (χ0v) is 10.0. The van der Waals surface area contributed by atoms with E-state index in [0.717, 1.165) is 39.4 Å². The zero-order valence-electron chi connectivity index (χ0n) is 10.0. The van der Waals surface area contributed by atoms with E-state index in [9.17, 15) is 0 Å². The molecule has 0 aromatic carbocycles. The molecule has 2 heterocycles. The van der Waals surface area contributed by atoms with E-state index in [1.165, 1.54) is 25.7 Å². The lowest BCUT2D eigenvalue weighted by molar-refractivity contribution is 0.107. The summed E-state index contributed by atoms with van der Waals surface area (Å²) in [5.74, 6) is 0. The Hall–Kier alpha value is -0.160. The van der Waals surface area contributed by atoms with Crippen LogP contribution in [-0.2, 0) is 9.47 Å². The fraction of sp³-hybridized carbons (Fsp3) is 1.00. The molecule has 4 nitrogen and oxygen atoms in total. The van der Waals surface area contributed by atoms with Gasteiger partial charge in [-0.15, -0.1) is 0 Å². The standard InChI is InChI=1S/C12H24N2O2/c1-3-11(15-7-1)9-13-5-6-14-10-12-4-2-8-16-12/h11-14H,1-10H2. The third kappa shape index (κ3) is 4.37. The molecule has 2 atom stereocenters. The molecule has 2 aliphatic heterocycles. The summed E-state index contributed by atoms with van der Waals surface area (Å²) in [6.07, 6.45) is 5.80. The molecule has 0 saturated carbocycles.